The summed E-state index contributed by atoms with van der Waals surface area (Å²) in [5.41, 5.74) is 3.29. The van der Waals surface area contributed by atoms with Crippen LogP contribution in [0.3, 0.4) is 0 Å². The van der Waals surface area contributed by atoms with Crippen LogP contribution in [0.15, 0.2) is 103 Å². The van der Waals surface area contributed by atoms with Crippen LogP contribution >= 0.6 is 0 Å². The van der Waals surface area contributed by atoms with E-state index < -0.39 is 18.0 Å². The summed E-state index contributed by atoms with van der Waals surface area (Å²) in [6, 6.07) is 31.4. The zero-order valence-corrected chi connectivity index (χ0v) is 31.8. The summed E-state index contributed by atoms with van der Waals surface area (Å²) in [6.07, 6.45) is 20.4. The fraction of sp³-hybridized carbons (Fsp3) is 0.543. The van der Waals surface area contributed by atoms with Gasteiger partial charge in [0.15, 0.2) is 0 Å². The summed E-state index contributed by atoms with van der Waals surface area (Å²) in [7, 11) is 0. The highest BCUT2D eigenvalue weighted by Crippen LogP contribution is 2.40. The highest BCUT2D eigenvalue weighted by molar-refractivity contribution is 5.60. The highest BCUT2D eigenvalue weighted by atomic mass is 16.8. The van der Waals surface area contributed by atoms with Crippen LogP contribution in [-0.2, 0) is 24.5 Å². The fourth-order valence-electron chi connectivity index (χ4n) is 6.59. The standard InChI is InChI=1S/C46H66O5/c1-4-5-6-7-8-9-10-11-12-13-14-15-16-29-38-49-45(47)51-44(40(2)3)48-37-28-17-18-30-39-50-46(41-31-22-19-23-32-41,42-33-24-20-25-34-42)43-35-26-21-27-36-43/h19-27,31-36,44H,2,4-18,28-30,37-39H2,1,3H3. The van der Waals surface area contributed by atoms with Crippen molar-refractivity contribution in [3.05, 3.63) is 120 Å². The molecule has 0 N–H and O–H groups in total. The van der Waals surface area contributed by atoms with Crippen molar-refractivity contribution in [3.63, 3.8) is 0 Å². The Bertz CT molecular complexity index is 1200. The lowest BCUT2D eigenvalue weighted by Gasteiger charge is -2.36. The summed E-state index contributed by atoms with van der Waals surface area (Å²) >= 11 is 0. The molecule has 0 bridgehead atoms. The van der Waals surface area contributed by atoms with Crippen LogP contribution < -0.4 is 0 Å². The predicted molar refractivity (Wildman–Crippen MR) is 211 cm³/mol. The number of rotatable bonds is 29. The second-order valence-corrected chi connectivity index (χ2v) is 13.9. The highest BCUT2D eigenvalue weighted by Gasteiger charge is 2.37. The topological polar surface area (TPSA) is 54.0 Å². The van der Waals surface area contributed by atoms with E-state index in [1.54, 1.807) is 6.92 Å². The van der Waals surface area contributed by atoms with Crippen LogP contribution in [0.5, 0.6) is 0 Å². The fourth-order valence-corrected chi connectivity index (χ4v) is 6.59. The molecule has 0 aliphatic carbocycles. The maximum Gasteiger partial charge on any atom is 0.510 e. The molecule has 280 valence electrons. The molecule has 0 spiro atoms. The van der Waals surface area contributed by atoms with Gasteiger partial charge in [-0.1, -0.05) is 201 Å². The van der Waals surface area contributed by atoms with Crippen LogP contribution in [-0.4, -0.2) is 32.3 Å². The molecule has 0 saturated carbocycles. The van der Waals surface area contributed by atoms with Crippen molar-refractivity contribution in [2.24, 2.45) is 0 Å². The quantitative estimate of drug-likeness (QED) is 0.0237. The van der Waals surface area contributed by atoms with Crippen LogP contribution in [0.25, 0.3) is 0 Å². The Morgan fingerprint density at radius 3 is 1.33 bits per heavy atom. The first-order valence-corrected chi connectivity index (χ1v) is 20.0. The first-order valence-electron chi connectivity index (χ1n) is 20.0. The summed E-state index contributed by atoms with van der Waals surface area (Å²) in [5.74, 6) is 0. The molecule has 0 aliphatic heterocycles. The largest absolute Gasteiger partial charge is 0.510 e. The molecule has 3 aromatic rings. The van der Waals surface area contributed by atoms with E-state index in [2.05, 4.69) is 86.3 Å². The Balaban J connectivity index is 1.27. The summed E-state index contributed by atoms with van der Waals surface area (Å²) in [5, 5.41) is 0. The monoisotopic (exact) mass is 698 g/mol. The molecule has 0 aliphatic rings. The van der Waals surface area contributed by atoms with E-state index in [9.17, 15) is 4.79 Å². The van der Waals surface area contributed by atoms with Gasteiger partial charge in [0.05, 0.1) is 13.2 Å². The molecule has 51 heavy (non-hydrogen) atoms. The predicted octanol–water partition coefficient (Wildman–Crippen LogP) is 13.1. The zero-order chi connectivity index (χ0) is 36.2. The Hall–Kier alpha value is -3.41. The van der Waals surface area contributed by atoms with Gasteiger partial charge in [0, 0.05) is 6.61 Å². The van der Waals surface area contributed by atoms with E-state index in [0.29, 0.717) is 25.4 Å². The number of unbranched alkanes of at least 4 members (excludes halogenated alkanes) is 16. The molecule has 0 aromatic heterocycles. The summed E-state index contributed by atoms with van der Waals surface area (Å²) in [4.78, 5) is 12.3. The lowest BCUT2D eigenvalue weighted by atomic mass is 9.80. The van der Waals surface area contributed by atoms with E-state index in [4.69, 9.17) is 18.9 Å². The number of hydrogen-bond donors (Lipinski definition) is 0. The Kier molecular flexibility index (Phi) is 21.7. The second-order valence-electron chi connectivity index (χ2n) is 13.9. The molecule has 0 amide bonds. The number of carbonyl (C=O) groups is 1. The number of benzene rings is 3. The minimum atomic E-state index is -0.791. The van der Waals surface area contributed by atoms with Crippen molar-refractivity contribution in [1.82, 2.24) is 0 Å². The summed E-state index contributed by atoms with van der Waals surface area (Å²) in [6.45, 7) is 9.50. The van der Waals surface area contributed by atoms with Gasteiger partial charge in [0.2, 0.25) is 6.29 Å². The van der Waals surface area contributed by atoms with Crippen molar-refractivity contribution in [1.29, 1.82) is 0 Å². The van der Waals surface area contributed by atoms with Gasteiger partial charge in [-0.15, -0.1) is 0 Å². The third-order valence-corrected chi connectivity index (χ3v) is 9.49. The minimum Gasteiger partial charge on any atom is -0.434 e. The lowest BCUT2D eigenvalue weighted by Crippen LogP contribution is -2.33. The van der Waals surface area contributed by atoms with Gasteiger partial charge in [-0.2, -0.15) is 0 Å². The average molecular weight is 699 g/mol. The molecule has 3 aromatic carbocycles. The molecule has 1 unspecified atom stereocenters. The van der Waals surface area contributed by atoms with Crippen molar-refractivity contribution in [2.45, 2.75) is 141 Å². The number of ether oxygens (including phenoxy) is 4. The van der Waals surface area contributed by atoms with E-state index >= 15 is 0 Å². The number of carbonyl (C=O) groups excluding carboxylic acids is 1. The SMILES string of the molecule is C=C(C)C(OCCCCCCOC(c1ccccc1)(c1ccccc1)c1ccccc1)OC(=O)OCCCCCCCCCCCCCCCC. The number of hydrogen-bond acceptors (Lipinski definition) is 5. The van der Waals surface area contributed by atoms with Crippen LogP contribution in [0.4, 0.5) is 4.79 Å². The molecule has 0 saturated heterocycles. The van der Waals surface area contributed by atoms with E-state index in [1.807, 2.05) is 18.2 Å². The van der Waals surface area contributed by atoms with E-state index in [1.165, 1.54) is 77.0 Å². The van der Waals surface area contributed by atoms with Crippen molar-refractivity contribution in [3.8, 4) is 0 Å². The Labute approximate surface area is 310 Å². The third-order valence-electron chi connectivity index (χ3n) is 9.49. The van der Waals surface area contributed by atoms with Crippen molar-refractivity contribution < 1.29 is 23.7 Å². The van der Waals surface area contributed by atoms with Crippen LogP contribution in [0.2, 0.25) is 0 Å². The maximum absolute atomic E-state index is 12.3. The van der Waals surface area contributed by atoms with Crippen LogP contribution in [0.1, 0.15) is 146 Å². The first kappa shape index (κ1) is 42.0. The minimum absolute atomic E-state index is 0.377. The maximum atomic E-state index is 12.3. The second kappa shape index (κ2) is 26.4. The summed E-state index contributed by atoms with van der Waals surface area (Å²) < 4.78 is 23.5. The van der Waals surface area contributed by atoms with Crippen LogP contribution in [0, 0.1) is 0 Å². The molecule has 0 radical (unpaired) electrons. The van der Waals surface area contributed by atoms with E-state index in [0.717, 1.165) is 55.2 Å². The van der Waals surface area contributed by atoms with Gasteiger partial charge in [0.25, 0.3) is 0 Å². The molecule has 0 heterocycles. The van der Waals surface area contributed by atoms with Gasteiger partial charge in [-0.3, -0.25) is 0 Å². The molecule has 5 heteroatoms. The first-order chi connectivity index (χ1) is 25.1. The van der Waals surface area contributed by atoms with Crippen molar-refractivity contribution in [2.75, 3.05) is 19.8 Å². The smallest absolute Gasteiger partial charge is 0.434 e. The lowest BCUT2D eigenvalue weighted by molar-refractivity contribution is -0.101. The molecule has 5 nitrogen and oxygen atoms in total. The molecular weight excluding hydrogens is 633 g/mol. The average Bonchev–Trinajstić information content (AvgIpc) is 3.16. The van der Waals surface area contributed by atoms with Gasteiger partial charge >= 0.3 is 6.16 Å². The van der Waals surface area contributed by atoms with Crippen molar-refractivity contribution >= 4 is 6.16 Å². The molecular formula is C46H66O5. The molecule has 1 atom stereocenters. The van der Waals surface area contributed by atoms with Gasteiger partial charge in [-0.25, -0.2) is 4.79 Å². The van der Waals surface area contributed by atoms with Gasteiger partial charge < -0.3 is 18.9 Å². The van der Waals surface area contributed by atoms with Gasteiger partial charge in [0.1, 0.15) is 5.60 Å². The normalized spacial score (nSPS) is 12.0. The zero-order valence-electron chi connectivity index (χ0n) is 31.8. The van der Waals surface area contributed by atoms with E-state index in [-0.39, 0.29) is 0 Å². The Morgan fingerprint density at radius 2 is 0.922 bits per heavy atom. The molecule has 3 rings (SSSR count). The van der Waals surface area contributed by atoms with Gasteiger partial charge in [-0.05, 0) is 48.4 Å². The Morgan fingerprint density at radius 1 is 0.549 bits per heavy atom. The molecule has 0 fully saturated rings. The third kappa shape index (κ3) is 16.2.